The van der Waals surface area contributed by atoms with E-state index in [0.717, 1.165) is 6.26 Å². The van der Waals surface area contributed by atoms with Crippen molar-refractivity contribution in [3.63, 3.8) is 0 Å². The Morgan fingerprint density at radius 2 is 1.82 bits per heavy atom. The fourth-order valence-electron chi connectivity index (χ4n) is 2.25. The topological polar surface area (TPSA) is 88.4 Å². The Kier molecular flexibility index (Phi) is 7.06. The molecule has 0 amide bonds. The van der Waals surface area contributed by atoms with Crippen LogP contribution in [0.2, 0.25) is 0 Å². The molecular weight excluding hydrogens is 378 g/mol. The normalized spacial score (nSPS) is 11.4. The molecule has 0 aliphatic carbocycles. The molecular formula is C20H23N3O4S. The summed E-state index contributed by atoms with van der Waals surface area (Å²) in [6, 6.07) is 13.8. The average Bonchev–Trinajstić information content (AvgIpc) is 2.66. The van der Waals surface area contributed by atoms with Crippen molar-refractivity contribution in [2.75, 3.05) is 31.4 Å². The van der Waals surface area contributed by atoms with Gasteiger partial charge >= 0.3 is 5.97 Å². The zero-order chi connectivity index (χ0) is 20.7. The van der Waals surface area contributed by atoms with Crippen molar-refractivity contribution in [2.45, 2.75) is 11.8 Å². The van der Waals surface area contributed by atoms with E-state index >= 15 is 0 Å². The van der Waals surface area contributed by atoms with Gasteiger partial charge in [0.25, 0.3) is 0 Å². The smallest absolute Gasteiger partial charge is 0.333 e. The number of carbonyl (C=O) groups is 1. The van der Waals surface area contributed by atoms with Crippen LogP contribution in [0.25, 0.3) is 0 Å². The Bertz CT molecular complexity index is 986. The lowest BCUT2D eigenvalue weighted by Gasteiger charge is -2.21. The van der Waals surface area contributed by atoms with Crippen LogP contribution < -0.4 is 4.90 Å². The second-order valence-corrected chi connectivity index (χ2v) is 8.31. The standard InChI is InChI=1S/C20H23N3O4S/c1-15(2)20(24)27-13-12-23(3)19-14-17(28(4,25)26)10-11-18(19)22-21-16-8-6-5-7-9-16/h5-11,14H,1,12-13H2,2-4H3. The first-order chi connectivity index (χ1) is 13.2. The highest BCUT2D eigenvalue weighted by molar-refractivity contribution is 7.90. The third kappa shape index (κ3) is 6.02. The maximum Gasteiger partial charge on any atom is 0.333 e. The van der Waals surface area contributed by atoms with Crippen LogP contribution in [0.15, 0.2) is 75.8 Å². The third-order valence-electron chi connectivity index (χ3n) is 3.82. The summed E-state index contributed by atoms with van der Waals surface area (Å²) in [6.07, 6.45) is 1.14. The van der Waals surface area contributed by atoms with Gasteiger partial charge in [-0.3, -0.25) is 0 Å². The Morgan fingerprint density at radius 1 is 1.14 bits per heavy atom. The molecule has 0 aromatic heterocycles. The molecule has 0 bridgehead atoms. The van der Waals surface area contributed by atoms with Gasteiger partial charge in [-0.25, -0.2) is 13.2 Å². The van der Waals surface area contributed by atoms with E-state index in [0.29, 0.717) is 29.2 Å². The third-order valence-corrected chi connectivity index (χ3v) is 4.93. The number of rotatable bonds is 8. The molecule has 28 heavy (non-hydrogen) atoms. The van der Waals surface area contributed by atoms with Gasteiger partial charge in [-0.05, 0) is 37.3 Å². The summed E-state index contributed by atoms with van der Waals surface area (Å²) in [5.41, 5.74) is 2.07. The molecule has 8 heteroatoms. The lowest BCUT2D eigenvalue weighted by Crippen LogP contribution is -2.24. The number of azo groups is 1. The van der Waals surface area contributed by atoms with Crippen LogP contribution in [0.5, 0.6) is 0 Å². The van der Waals surface area contributed by atoms with E-state index in [1.807, 2.05) is 30.3 Å². The van der Waals surface area contributed by atoms with Gasteiger partial charge in [-0.15, -0.1) is 5.11 Å². The van der Waals surface area contributed by atoms with E-state index in [4.69, 9.17) is 4.74 Å². The van der Waals surface area contributed by atoms with Gasteiger partial charge in [0, 0.05) is 18.9 Å². The molecule has 0 radical (unpaired) electrons. The van der Waals surface area contributed by atoms with Gasteiger partial charge in [-0.2, -0.15) is 5.11 Å². The first-order valence-electron chi connectivity index (χ1n) is 8.53. The fourth-order valence-corrected chi connectivity index (χ4v) is 2.89. The van der Waals surface area contributed by atoms with Crippen molar-refractivity contribution in [1.82, 2.24) is 0 Å². The van der Waals surface area contributed by atoms with E-state index in [1.165, 1.54) is 12.1 Å². The summed E-state index contributed by atoms with van der Waals surface area (Å²) < 4.78 is 29.0. The Balaban J connectivity index is 2.28. The van der Waals surface area contributed by atoms with Gasteiger partial charge < -0.3 is 9.64 Å². The number of likely N-dealkylation sites (N-methyl/N-ethyl adjacent to an activating group) is 1. The molecule has 0 aliphatic heterocycles. The molecule has 0 fully saturated rings. The van der Waals surface area contributed by atoms with Crippen molar-refractivity contribution in [3.8, 4) is 0 Å². The predicted molar refractivity (Wildman–Crippen MR) is 109 cm³/mol. The number of ether oxygens (including phenoxy) is 1. The van der Waals surface area contributed by atoms with Gasteiger partial charge in [-0.1, -0.05) is 24.8 Å². The van der Waals surface area contributed by atoms with Crippen LogP contribution in [0.3, 0.4) is 0 Å². The van der Waals surface area contributed by atoms with E-state index in [-0.39, 0.29) is 11.5 Å². The molecule has 0 saturated carbocycles. The Labute approximate surface area is 165 Å². The summed E-state index contributed by atoms with van der Waals surface area (Å²) in [5, 5.41) is 8.45. The number of benzene rings is 2. The van der Waals surface area contributed by atoms with E-state index in [9.17, 15) is 13.2 Å². The number of sulfone groups is 1. The Hall–Kier alpha value is -3.00. The quantitative estimate of drug-likeness (QED) is 0.378. The molecule has 0 unspecified atom stereocenters. The SMILES string of the molecule is C=C(C)C(=O)OCCN(C)c1cc(S(C)(=O)=O)ccc1N=Nc1ccccc1. The second-order valence-electron chi connectivity index (χ2n) is 6.30. The number of hydrogen-bond acceptors (Lipinski definition) is 7. The number of carbonyl (C=O) groups excluding carboxylic acids is 1. The zero-order valence-electron chi connectivity index (χ0n) is 16.1. The summed E-state index contributed by atoms with van der Waals surface area (Å²) in [6.45, 7) is 5.58. The number of hydrogen-bond donors (Lipinski definition) is 0. The minimum Gasteiger partial charge on any atom is -0.460 e. The van der Waals surface area contributed by atoms with Crippen molar-refractivity contribution in [1.29, 1.82) is 0 Å². The van der Waals surface area contributed by atoms with Crippen molar-refractivity contribution < 1.29 is 17.9 Å². The van der Waals surface area contributed by atoms with Crippen molar-refractivity contribution in [3.05, 3.63) is 60.7 Å². The molecule has 0 atom stereocenters. The van der Waals surface area contributed by atoms with Crippen LogP contribution in [0.1, 0.15) is 6.92 Å². The van der Waals surface area contributed by atoms with E-state index < -0.39 is 15.8 Å². The second kappa shape index (κ2) is 9.27. The minimum absolute atomic E-state index is 0.126. The molecule has 148 valence electrons. The van der Waals surface area contributed by atoms with Gasteiger partial charge in [0.15, 0.2) is 9.84 Å². The number of anilines is 1. The lowest BCUT2D eigenvalue weighted by molar-refractivity contribution is -0.138. The lowest BCUT2D eigenvalue weighted by atomic mass is 10.2. The average molecular weight is 401 g/mol. The largest absolute Gasteiger partial charge is 0.460 e. The molecule has 7 nitrogen and oxygen atoms in total. The minimum atomic E-state index is -3.38. The first kappa shape index (κ1) is 21.3. The van der Waals surface area contributed by atoms with Gasteiger partial charge in [0.05, 0.1) is 22.8 Å². The molecule has 0 saturated heterocycles. The molecule has 0 N–H and O–H groups in total. The Morgan fingerprint density at radius 3 is 2.43 bits per heavy atom. The molecule has 2 aromatic carbocycles. The highest BCUT2D eigenvalue weighted by Gasteiger charge is 2.14. The predicted octanol–water partition coefficient (Wildman–Crippen LogP) is 4.06. The molecule has 0 aliphatic rings. The summed E-state index contributed by atoms with van der Waals surface area (Å²) in [5.74, 6) is -0.470. The van der Waals surface area contributed by atoms with E-state index in [2.05, 4.69) is 16.8 Å². The fraction of sp³-hybridized carbons (Fsp3) is 0.250. The van der Waals surface area contributed by atoms with Crippen LogP contribution in [0, 0.1) is 0 Å². The number of nitrogens with zero attached hydrogens (tertiary/aromatic N) is 3. The summed E-state index contributed by atoms with van der Waals surface area (Å²) >= 11 is 0. The zero-order valence-corrected chi connectivity index (χ0v) is 16.9. The van der Waals surface area contributed by atoms with Crippen LogP contribution >= 0.6 is 0 Å². The molecule has 2 rings (SSSR count). The van der Waals surface area contributed by atoms with Gasteiger partial charge in [0.1, 0.15) is 12.3 Å². The van der Waals surface area contributed by atoms with Crippen molar-refractivity contribution >= 4 is 32.9 Å². The maximum absolute atomic E-state index is 11.9. The van der Waals surface area contributed by atoms with Gasteiger partial charge in [0.2, 0.25) is 0 Å². The van der Waals surface area contributed by atoms with Crippen LogP contribution in [-0.4, -0.2) is 40.8 Å². The molecule has 0 spiro atoms. The monoisotopic (exact) mass is 401 g/mol. The molecule has 2 aromatic rings. The highest BCUT2D eigenvalue weighted by Crippen LogP contribution is 2.32. The highest BCUT2D eigenvalue weighted by atomic mass is 32.2. The number of esters is 1. The summed E-state index contributed by atoms with van der Waals surface area (Å²) in [7, 11) is -1.62. The van der Waals surface area contributed by atoms with E-state index in [1.54, 1.807) is 24.9 Å². The van der Waals surface area contributed by atoms with Crippen molar-refractivity contribution in [2.24, 2.45) is 10.2 Å². The van der Waals surface area contributed by atoms with Crippen LogP contribution in [0.4, 0.5) is 17.1 Å². The maximum atomic E-state index is 11.9. The molecule has 0 heterocycles. The van der Waals surface area contributed by atoms with Crippen LogP contribution in [-0.2, 0) is 19.4 Å². The first-order valence-corrected chi connectivity index (χ1v) is 10.4. The summed E-state index contributed by atoms with van der Waals surface area (Å²) in [4.78, 5) is 13.5.